The number of hydrogen-bond acceptors (Lipinski definition) is 12. The van der Waals surface area contributed by atoms with Crippen LogP contribution in [-0.2, 0) is 23.7 Å². The van der Waals surface area contributed by atoms with Crippen molar-refractivity contribution in [3.8, 4) is 0 Å². The van der Waals surface area contributed by atoms with Gasteiger partial charge in [0.15, 0.2) is 6.29 Å². The van der Waals surface area contributed by atoms with Gasteiger partial charge >= 0.3 is 5.97 Å². The number of esters is 1. The van der Waals surface area contributed by atoms with Gasteiger partial charge in [0.25, 0.3) is 0 Å². The Morgan fingerprint density at radius 1 is 0.750 bits per heavy atom. The van der Waals surface area contributed by atoms with Crippen molar-refractivity contribution in [2.24, 2.45) is 0 Å². The van der Waals surface area contributed by atoms with E-state index in [1.807, 2.05) is 0 Å². The third-order valence-corrected chi connectivity index (χ3v) is 5.67. The Morgan fingerprint density at radius 2 is 1.31 bits per heavy atom. The maximum absolute atomic E-state index is 12.1. The SMILES string of the molecule is CCCCCCCC(=O)O[C@H]1O[C@H](CO[C@@H]2O[C@H](CO)[C@@H](O)[C@H](O)[C@H]2O)[C@@H](O)[C@H](O)[C@H]1O. The summed E-state index contributed by atoms with van der Waals surface area (Å²) in [7, 11) is 0. The Kier molecular flexibility index (Phi) is 11.2. The van der Waals surface area contributed by atoms with E-state index in [0.29, 0.717) is 6.42 Å². The van der Waals surface area contributed by atoms with E-state index in [1.165, 1.54) is 0 Å². The number of ether oxygens (including phenoxy) is 4. The van der Waals surface area contributed by atoms with Crippen LogP contribution in [0, 0.1) is 0 Å². The van der Waals surface area contributed by atoms with E-state index < -0.39 is 80.6 Å². The molecule has 2 heterocycles. The molecule has 0 aromatic carbocycles. The first-order valence-electron chi connectivity index (χ1n) is 11.0. The molecule has 0 bridgehead atoms. The molecule has 0 amide bonds. The van der Waals surface area contributed by atoms with Crippen LogP contribution in [-0.4, -0.2) is 116 Å². The summed E-state index contributed by atoms with van der Waals surface area (Å²) in [6, 6.07) is 0. The van der Waals surface area contributed by atoms with Gasteiger partial charge in [-0.1, -0.05) is 32.6 Å². The molecule has 0 saturated carbocycles. The van der Waals surface area contributed by atoms with Crippen molar-refractivity contribution < 1.29 is 59.5 Å². The van der Waals surface area contributed by atoms with E-state index in [4.69, 9.17) is 18.9 Å². The molecule has 0 aromatic rings. The second-order valence-electron chi connectivity index (χ2n) is 8.20. The molecule has 12 heteroatoms. The van der Waals surface area contributed by atoms with Crippen LogP contribution in [0.3, 0.4) is 0 Å². The third-order valence-electron chi connectivity index (χ3n) is 5.67. The molecule has 2 fully saturated rings. The molecule has 0 aromatic heterocycles. The van der Waals surface area contributed by atoms with Crippen molar-refractivity contribution in [2.45, 2.75) is 107 Å². The van der Waals surface area contributed by atoms with Crippen LogP contribution in [0.15, 0.2) is 0 Å². The number of hydrogen-bond donors (Lipinski definition) is 7. The molecule has 2 rings (SSSR count). The minimum Gasteiger partial charge on any atom is -0.433 e. The first-order chi connectivity index (χ1) is 15.2. The van der Waals surface area contributed by atoms with Gasteiger partial charge in [0, 0.05) is 6.42 Å². The second-order valence-corrected chi connectivity index (χ2v) is 8.20. The van der Waals surface area contributed by atoms with Crippen LogP contribution in [0.1, 0.15) is 45.4 Å². The number of carbonyl (C=O) groups excluding carboxylic acids is 1. The van der Waals surface area contributed by atoms with Crippen molar-refractivity contribution in [1.29, 1.82) is 0 Å². The smallest absolute Gasteiger partial charge is 0.308 e. The molecule has 12 nitrogen and oxygen atoms in total. The molecule has 0 radical (unpaired) electrons. The van der Waals surface area contributed by atoms with Gasteiger partial charge in [-0.25, -0.2) is 0 Å². The summed E-state index contributed by atoms with van der Waals surface area (Å²) in [5.41, 5.74) is 0. The second kappa shape index (κ2) is 13.1. The average molecular weight is 468 g/mol. The first-order valence-corrected chi connectivity index (χ1v) is 11.0. The maximum atomic E-state index is 12.1. The Balaban J connectivity index is 1.89. The van der Waals surface area contributed by atoms with Crippen LogP contribution in [0.4, 0.5) is 0 Å². The van der Waals surface area contributed by atoms with Crippen LogP contribution >= 0.6 is 0 Å². The lowest BCUT2D eigenvalue weighted by Crippen LogP contribution is -2.61. The molecule has 2 aliphatic heterocycles. The molecular formula is C20H36O12. The fourth-order valence-corrected chi connectivity index (χ4v) is 3.61. The van der Waals surface area contributed by atoms with Crippen molar-refractivity contribution in [3.63, 3.8) is 0 Å². The van der Waals surface area contributed by atoms with Gasteiger partial charge in [0.1, 0.15) is 48.8 Å². The Morgan fingerprint density at radius 3 is 1.94 bits per heavy atom. The van der Waals surface area contributed by atoms with Crippen LogP contribution < -0.4 is 0 Å². The van der Waals surface area contributed by atoms with E-state index >= 15 is 0 Å². The molecular weight excluding hydrogens is 432 g/mol. The Hall–Kier alpha value is -0.930. The van der Waals surface area contributed by atoms with Crippen molar-refractivity contribution >= 4 is 5.97 Å². The molecule has 2 saturated heterocycles. The monoisotopic (exact) mass is 468 g/mol. The molecule has 2 aliphatic rings. The standard InChI is InChI=1S/C20H36O12/c1-2-3-4-5-6-7-12(22)32-20-18(28)16(26)14(24)11(31-20)9-29-19-17(27)15(25)13(23)10(8-21)30-19/h10-11,13-21,23-28H,2-9H2,1H3/t10-,11-,13-,14-,15+,16+,17-,18-,19-,20-/m1/s1. The first kappa shape index (κ1) is 27.3. The highest BCUT2D eigenvalue weighted by atomic mass is 16.7. The van der Waals surface area contributed by atoms with Gasteiger partial charge in [-0.15, -0.1) is 0 Å². The number of unbranched alkanes of at least 4 members (excludes halogenated alkanes) is 4. The fraction of sp³-hybridized carbons (Fsp3) is 0.950. The van der Waals surface area contributed by atoms with E-state index in [2.05, 4.69) is 6.92 Å². The van der Waals surface area contributed by atoms with Gasteiger partial charge < -0.3 is 54.7 Å². The van der Waals surface area contributed by atoms with Gasteiger partial charge in [-0.2, -0.15) is 0 Å². The highest BCUT2D eigenvalue weighted by Crippen LogP contribution is 2.26. The summed E-state index contributed by atoms with van der Waals surface area (Å²) in [5.74, 6) is -0.622. The summed E-state index contributed by atoms with van der Waals surface area (Å²) in [5, 5.41) is 69.2. The number of carbonyl (C=O) groups is 1. The predicted octanol–water partition coefficient (Wildman–Crippen LogP) is -2.49. The van der Waals surface area contributed by atoms with E-state index in [1.54, 1.807) is 0 Å². The number of aliphatic hydroxyl groups excluding tert-OH is 7. The summed E-state index contributed by atoms with van der Waals surface area (Å²) in [4.78, 5) is 12.1. The van der Waals surface area contributed by atoms with Gasteiger partial charge in [0.05, 0.1) is 13.2 Å². The lowest BCUT2D eigenvalue weighted by Gasteiger charge is -2.42. The lowest BCUT2D eigenvalue weighted by molar-refractivity contribution is -0.327. The van der Waals surface area contributed by atoms with Crippen LogP contribution in [0.25, 0.3) is 0 Å². The molecule has 0 spiro atoms. The minimum absolute atomic E-state index is 0.112. The topological polar surface area (TPSA) is 196 Å². The number of rotatable bonds is 11. The molecule has 10 atom stereocenters. The fourth-order valence-electron chi connectivity index (χ4n) is 3.61. The zero-order valence-electron chi connectivity index (χ0n) is 18.1. The Bertz CT molecular complexity index is 561. The normalized spacial score (nSPS) is 40.2. The molecule has 0 unspecified atom stereocenters. The summed E-state index contributed by atoms with van der Waals surface area (Å²) < 4.78 is 21.0. The van der Waals surface area contributed by atoms with Crippen molar-refractivity contribution in [2.75, 3.05) is 13.2 Å². The van der Waals surface area contributed by atoms with Gasteiger partial charge in [-0.3, -0.25) is 4.79 Å². The highest BCUT2D eigenvalue weighted by molar-refractivity contribution is 5.69. The van der Waals surface area contributed by atoms with Gasteiger partial charge in [-0.05, 0) is 6.42 Å². The van der Waals surface area contributed by atoms with Gasteiger partial charge in [0.2, 0.25) is 6.29 Å². The highest BCUT2D eigenvalue weighted by Gasteiger charge is 2.48. The summed E-state index contributed by atoms with van der Waals surface area (Å²) in [6.07, 6.45) is -10.6. The number of aliphatic hydroxyl groups is 7. The lowest BCUT2D eigenvalue weighted by atomic mass is 9.98. The molecule has 32 heavy (non-hydrogen) atoms. The third kappa shape index (κ3) is 7.03. The average Bonchev–Trinajstić information content (AvgIpc) is 2.78. The zero-order chi connectivity index (χ0) is 23.8. The van der Waals surface area contributed by atoms with E-state index in [9.17, 15) is 40.5 Å². The van der Waals surface area contributed by atoms with Crippen molar-refractivity contribution in [1.82, 2.24) is 0 Å². The van der Waals surface area contributed by atoms with E-state index in [0.717, 1.165) is 25.7 Å². The molecule has 7 N–H and O–H groups in total. The minimum atomic E-state index is -1.70. The Labute approximate surface area is 186 Å². The maximum Gasteiger partial charge on any atom is 0.308 e. The molecule has 188 valence electrons. The molecule has 0 aliphatic carbocycles. The van der Waals surface area contributed by atoms with Crippen LogP contribution in [0.5, 0.6) is 0 Å². The van der Waals surface area contributed by atoms with E-state index in [-0.39, 0.29) is 6.42 Å². The quantitative estimate of drug-likeness (QED) is 0.125. The zero-order valence-corrected chi connectivity index (χ0v) is 18.1. The predicted molar refractivity (Wildman–Crippen MR) is 106 cm³/mol. The van der Waals surface area contributed by atoms with Crippen molar-refractivity contribution in [3.05, 3.63) is 0 Å². The summed E-state index contributed by atoms with van der Waals surface area (Å²) >= 11 is 0. The largest absolute Gasteiger partial charge is 0.433 e. The summed E-state index contributed by atoms with van der Waals surface area (Å²) in [6.45, 7) is 0.945. The van der Waals surface area contributed by atoms with Crippen LogP contribution in [0.2, 0.25) is 0 Å².